The van der Waals surface area contributed by atoms with E-state index in [2.05, 4.69) is 10.6 Å². The number of carboxylic acid groups (broad SMARTS) is 1. The number of ether oxygens (including phenoxy) is 5. The Bertz CT molecular complexity index is 1730. The first kappa shape index (κ1) is 46.7. The summed E-state index contributed by atoms with van der Waals surface area (Å²) in [5.74, 6) is -5.51. The lowest BCUT2D eigenvalue weighted by atomic mass is 9.97. The van der Waals surface area contributed by atoms with Gasteiger partial charge < -0.3 is 54.7 Å². The highest BCUT2D eigenvalue weighted by Crippen LogP contribution is 2.30. The molecule has 7 N–H and O–H groups in total. The van der Waals surface area contributed by atoms with Gasteiger partial charge >= 0.3 is 11.9 Å². The van der Waals surface area contributed by atoms with Crippen molar-refractivity contribution in [1.82, 2.24) is 15.5 Å². The predicted octanol–water partition coefficient (Wildman–Crippen LogP) is -1.58. The number of nitrogens with one attached hydrogen (secondary N) is 2. The molecule has 2 aliphatic rings. The van der Waals surface area contributed by atoms with Gasteiger partial charge in [0.2, 0.25) is 18.1 Å². The molecule has 318 valence electrons. The molecule has 0 saturated carbocycles. The summed E-state index contributed by atoms with van der Waals surface area (Å²) in [6, 6.07) is 2.55. The Morgan fingerprint density at radius 3 is 2.26 bits per heavy atom. The van der Waals surface area contributed by atoms with Crippen molar-refractivity contribution in [2.45, 2.75) is 89.8 Å². The van der Waals surface area contributed by atoms with Gasteiger partial charge in [-0.15, -0.1) is 0 Å². The summed E-state index contributed by atoms with van der Waals surface area (Å²) in [4.78, 5) is 73.3. The molecule has 1 unspecified atom stereocenters. The van der Waals surface area contributed by atoms with Gasteiger partial charge in [-0.1, -0.05) is 6.42 Å². The smallest absolute Gasteiger partial charge is 0.335 e. The predicted molar refractivity (Wildman–Crippen MR) is 193 cm³/mol. The number of nitrogens with zero attached hydrogens (tertiary/aromatic N) is 1. The summed E-state index contributed by atoms with van der Waals surface area (Å²) >= 11 is 0. The summed E-state index contributed by atoms with van der Waals surface area (Å²) < 4.78 is 59.8. The Balaban J connectivity index is 1.50. The van der Waals surface area contributed by atoms with E-state index in [0.29, 0.717) is 24.8 Å². The zero-order valence-corrected chi connectivity index (χ0v) is 32.3. The highest BCUT2D eigenvalue weighted by atomic mass is 32.2. The second-order valence-corrected chi connectivity index (χ2v) is 15.5. The van der Waals surface area contributed by atoms with E-state index in [1.165, 1.54) is 18.2 Å². The Morgan fingerprint density at radius 1 is 0.947 bits per heavy atom. The number of amides is 4. The number of imide groups is 1. The number of unbranched alkanes of at least 4 members (excludes halogenated alkanes) is 2. The molecule has 4 amide bonds. The number of esters is 1. The lowest BCUT2D eigenvalue weighted by Gasteiger charge is -2.38. The van der Waals surface area contributed by atoms with Gasteiger partial charge in [-0.2, -0.15) is 8.42 Å². The molecular formula is C35H49N3O18S. The molecule has 2 aliphatic heterocycles. The van der Waals surface area contributed by atoms with E-state index >= 15 is 0 Å². The Kier molecular flexibility index (Phi) is 17.3. The van der Waals surface area contributed by atoms with Crippen LogP contribution in [0.3, 0.4) is 0 Å². The highest BCUT2D eigenvalue weighted by Gasteiger charge is 2.48. The van der Waals surface area contributed by atoms with Gasteiger partial charge in [0, 0.05) is 43.3 Å². The van der Waals surface area contributed by atoms with Gasteiger partial charge in [0.25, 0.3) is 21.9 Å². The van der Waals surface area contributed by atoms with Crippen molar-refractivity contribution in [2.24, 2.45) is 5.41 Å². The molecule has 1 saturated heterocycles. The highest BCUT2D eigenvalue weighted by molar-refractivity contribution is 7.85. The van der Waals surface area contributed by atoms with Gasteiger partial charge in [0.1, 0.15) is 54.8 Å². The number of hydrogen-bond donors (Lipinski definition) is 7. The van der Waals surface area contributed by atoms with E-state index in [9.17, 15) is 62.2 Å². The number of benzene rings is 1. The van der Waals surface area contributed by atoms with Crippen LogP contribution in [0.5, 0.6) is 11.5 Å². The molecule has 57 heavy (non-hydrogen) atoms. The van der Waals surface area contributed by atoms with Crippen molar-refractivity contribution in [3.63, 3.8) is 0 Å². The fourth-order valence-electron chi connectivity index (χ4n) is 5.23. The summed E-state index contributed by atoms with van der Waals surface area (Å²) in [6.07, 6.45) is -5.84. The van der Waals surface area contributed by atoms with Crippen LogP contribution in [0.1, 0.15) is 52.0 Å². The van der Waals surface area contributed by atoms with Crippen LogP contribution >= 0.6 is 0 Å². The Hall–Kier alpha value is -4.71. The minimum Gasteiger partial charge on any atom is -0.491 e. The molecule has 1 fully saturated rings. The second-order valence-electron chi connectivity index (χ2n) is 14.0. The number of rotatable bonds is 22. The molecule has 0 spiro atoms. The van der Waals surface area contributed by atoms with Crippen LogP contribution in [0.4, 0.5) is 0 Å². The monoisotopic (exact) mass is 831 g/mol. The van der Waals surface area contributed by atoms with E-state index in [1.54, 1.807) is 20.8 Å². The average Bonchev–Trinajstić information content (AvgIpc) is 3.44. The Labute approximate surface area is 328 Å². The lowest BCUT2D eigenvalue weighted by molar-refractivity contribution is -0.271. The molecule has 0 aromatic heterocycles. The minimum absolute atomic E-state index is 0.0199. The maximum Gasteiger partial charge on any atom is 0.335 e. The molecule has 0 aliphatic carbocycles. The van der Waals surface area contributed by atoms with Crippen LogP contribution in [0.15, 0.2) is 30.4 Å². The molecule has 1 aromatic carbocycles. The SMILES string of the molecule is CC(C)(C)C(=O)OCc1ccc(O[C@@H]2O[C@H](C(=O)O)[C@@H](O)[C@H](O)[C@H]2O)cc1OCCOCCNC(=O)C(CS(=O)(=O)O)NC(=O)CCCCCN1C(=O)C=CC1=O. The number of carbonyl (C=O) groups excluding carboxylic acids is 5. The number of aliphatic hydroxyl groups excluding tert-OH is 3. The number of hydrogen-bond acceptors (Lipinski definition) is 16. The van der Waals surface area contributed by atoms with Crippen LogP contribution in [-0.4, -0.2) is 149 Å². The first-order chi connectivity index (χ1) is 26.7. The van der Waals surface area contributed by atoms with Crippen LogP contribution in [0.25, 0.3) is 0 Å². The number of carboxylic acids is 1. The van der Waals surface area contributed by atoms with E-state index in [0.717, 1.165) is 17.1 Å². The maximum absolute atomic E-state index is 12.7. The molecule has 1 aromatic rings. The Morgan fingerprint density at radius 2 is 1.63 bits per heavy atom. The van der Waals surface area contributed by atoms with E-state index < -0.39 is 93.6 Å². The molecule has 22 heteroatoms. The number of aliphatic hydroxyl groups is 3. The van der Waals surface area contributed by atoms with E-state index in [1.807, 2.05) is 0 Å². The molecular weight excluding hydrogens is 782 g/mol. The van der Waals surface area contributed by atoms with Crippen molar-refractivity contribution in [1.29, 1.82) is 0 Å². The number of aliphatic carboxylic acids is 1. The fourth-order valence-corrected chi connectivity index (χ4v) is 5.89. The summed E-state index contributed by atoms with van der Waals surface area (Å²) in [6.45, 7) is 4.50. The van der Waals surface area contributed by atoms with E-state index in [4.69, 9.17) is 23.7 Å². The van der Waals surface area contributed by atoms with Crippen molar-refractivity contribution < 1.29 is 85.8 Å². The zero-order chi connectivity index (χ0) is 42.5. The maximum atomic E-state index is 12.7. The largest absolute Gasteiger partial charge is 0.491 e. The summed E-state index contributed by atoms with van der Waals surface area (Å²) in [7, 11) is -4.68. The van der Waals surface area contributed by atoms with Crippen molar-refractivity contribution in [2.75, 3.05) is 38.7 Å². The van der Waals surface area contributed by atoms with Crippen LogP contribution in [-0.2, 0) is 59.7 Å². The van der Waals surface area contributed by atoms with Gasteiger partial charge in [-0.05, 0) is 45.7 Å². The standard InChI is InChI=1S/C35H49N3O18S/c1-35(2,3)34(48)54-18-20-8-9-21(55-33-29(44)27(42)28(43)30(56-33)32(46)47)17-23(20)53-16-15-52-14-12-36-31(45)22(19-57(49,50)51)37-24(39)7-5-4-6-13-38-25(40)10-11-26(38)41/h8-11,17,22,27-30,33,42-44H,4-7,12-16,18-19H2,1-3H3,(H,36,45)(H,37,39)(H,46,47)(H,49,50,51)/t22?,27-,28-,29+,30-,33+/m0/s1. The van der Waals surface area contributed by atoms with Gasteiger partial charge in [-0.3, -0.25) is 33.4 Å². The lowest BCUT2D eigenvalue weighted by Crippen LogP contribution is -2.61. The van der Waals surface area contributed by atoms with Crippen molar-refractivity contribution >= 4 is 45.7 Å². The zero-order valence-electron chi connectivity index (χ0n) is 31.5. The molecule has 6 atom stereocenters. The number of carbonyl (C=O) groups is 6. The van der Waals surface area contributed by atoms with Crippen LogP contribution < -0.4 is 20.1 Å². The van der Waals surface area contributed by atoms with Crippen LogP contribution in [0.2, 0.25) is 0 Å². The molecule has 0 radical (unpaired) electrons. The topological polar surface area (TPSA) is 311 Å². The van der Waals surface area contributed by atoms with Gasteiger partial charge in [0.05, 0.1) is 18.6 Å². The third-order valence-electron chi connectivity index (χ3n) is 8.32. The third kappa shape index (κ3) is 15.0. The fraction of sp³-hybridized carbons (Fsp3) is 0.600. The molecule has 21 nitrogen and oxygen atoms in total. The van der Waals surface area contributed by atoms with Gasteiger partial charge in [-0.25, -0.2) is 4.79 Å². The normalized spacial score (nSPS) is 21.5. The van der Waals surface area contributed by atoms with E-state index in [-0.39, 0.29) is 57.4 Å². The first-order valence-electron chi connectivity index (χ1n) is 17.8. The first-order valence-corrected chi connectivity index (χ1v) is 19.4. The van der Waals surface area contributed by atoms with Crippen LogP contribution in [0, 0.1) is 5.41 Å². The molecule has 2 heterocycles. The average molecular weight is 832 g/mol. The molecule has 0 bridgehead atoms. The molecule has 3 rings (SSSR count). The third-order valence-corrected chi connectivity index (χ3v) is 9.08. The second kappa shape index (κ2) is 21.2. The summed E-state index contributed by atoms with van der Waals surface area (Å²) in [5.41, 5.74) is -0.443. The summed E-state index contributed by atoms with van der Waals surface area (Å²) in [5, 5.41) is 44.4. The minimum atomic E-state index is -4.68. The van der Waals surface area contributed by atoms with Gasteiger partial charge in [0.15, 0.2) is 6.10 Å². The van der Waals surface area contributed by atoms with Crippen molar-refractivity contribution in [3.05, 3.63) is 35.9 Å². The quantitative estimate of drug-likeness (QED) is 0.0300. The van der Waals surface area contributed by atoms with Crippen molar-refractivity contribution in [3.8, 4) is 11.5 Å².